The molecule has 0 saturated heterocycles. The lowest BCUT2D eigenvalue weighted by atomic mass is 10.3. The van der Waals surface area contributed by atoms with Crippen LogP contribution in [-0.4, -0.2) is 24.6 Å². The minimum absolute atomic E-state index is 0.0520. The molecule has 2 rings (SSSR count). The Balaban J connectivity index is 2.57. The van der Waals surface area contributed by atoms with Gasteiger partial charge in [0.15, 0.2) is 0 Å². The highest BCUT2D eigenvalue weighted by atomic mass is 35.5. The first kappa shape index (κ1) is 14.3. The molecule has 0 fully saturated rings. The third-order valence-electron chi connectivity index (χ3n) is 2.42. The van der Waals surface area contributed by atoms with Crippen LogP contribution in [0.15, 0.2) is 22.1 Å². The number of carbonyl (C=O) groups is 1. The van der Waals surface area contributed by atoms with E-state index in [0.29, 0.717) is 5.71 Å². The van der Waals surface area contributed by atoms with E-state index in [9.17, 15) is 13.2 Å². The number of anilines is 1. The molecule has 1 aromatic rings. The van der Waals surface area contributed by atoms with Gasteiger partial charge in [-0.2, -0.15) is 18.5 Å². The van der Waals surface area contributed by atoms with Crippen molar-refractivity contribution in [2.75, 3.05) is 5.01 Å². The summed E-state index contributed by atoms with van der Waals surface area (Å²) in [6.07, 6.45) is 0.161. The lowest BCUT2D eigenvalue weighted by Crippen LogP contribution is -2.20. The van der Waals surface area contributed by atoms with E-state index in [2.05, 4.69) is 5.10 Å². The van der Waals surface area contributed by atoms with Crippen molar-refractivity contribution in [1.29, 1.82) is 0 Å². The molecule has 1 aliphatic heterocycles. The van der Waals surface area contributed by atoms with Gasteiger partial charge in [0.25, 0.3) is 16.0 Å². The molecule has 0 spiro atoms. The number of amides is 1. The largest absolute Gasteiger partial charge is 0.296 e. The first-order chi connectivity index (χ1) is 8.70. The van der Waals surface area contributed by atoms with Crippen molar-refractivity contribution in [2.24, 2.45) is 5.10 Å². The quantitative estimate of drug-likeness (QED) is 0.846. The molecule has 9 heteroatoms. The van der Waals surface area contributed by atoms with Crippen LogP contribution in [0.3, 0.4) is 0 Å². The van der Waals surface area contributed by atoms with Crippen LogP contribution in [0.4, 0.5) is 5.69 Å². The van der Waals surface area contributed by atoms with E-state index in [0.717, 1.165) is 11.1 Å². The molecule has 6 nitrogen and oxygen atoms in total. The van der Waals surface area contributed by atoms with Crippen LogP contribution in [-0.2, 0) is 14.9 Å². The fraction of sp³-hybridized carbons (Fsp3) is 0.200. The molecule has 1 amide bonds. The SMILES string of the molecule is CC1=NN(c2cc(Cl)c(S(=O)(=O)O)cc2Cl)C(=O)C1. The zero-order valence-electron chi connectivity index (χ0n) is 9.59. The van der Waals surface area contributed by atoms with Crippen molar-refractivity contribution in [3.63, 3.8) is 0 Å². The third kappa shape index (κ3) is 2.74. The fourth-order valence-corrected chi connectivity index (χ4v) is 2.95. The summed E-state index contributed by atoms with van der Waals surface area (Å²) in [6, 6.07) is 2.15. The highest BCUT2D eigenvalue weighted by Crippen LogP contribution is 2.35. The maximum absolute atomic E-state index is 11.7. The molecular weight excluding hydrogens is 315 g/mol. The van der Waals surface area contributed by atoms with Crippen molar-refractivity contribution in [3.05, 3.63) is 22.2 Å². The van der Waals surface area contributed by atoms with E-state index in [1.54, 1.807) is 6.92 Å². The maximum atomic E-state index is 11.7. The highest BCUT2D eigenvalue weighted by Gasteiger charge is 2.27. The predicted molar refractivity (Wildman–Crippen MR) is 71.5 cm³/mol. The Bertz CT molecular complexity index is 700. The molecule has 0 aliphatic carbocycles. The highest BCUT2D eigenvalue weighted by molar-refractivity contribution is 7.86. The summed E-state index contributed by atoms with van der Waals surface area (Å²) in [5, 5.41) is 4.74. The average molecular weight is 323 g/mol. The van der Waals surface area contributed by atoms with E-state index in [4.69, 9.17) is 27.8 Å². The van der Waals surface area contributed by atoms with Gasteiger partial charge in [-0.25, -0.2) is 0 Å². The van der Waals surface area contributed by atoms with Crippen molar-refractivity contribution in [1.82, 2.24) is 0 Å². The van der Waals surface area contributed by atoms with Crippen molar-refractivity contribution in [3.8, 4) is 0 Å². The first-order valence-corrected chi connectivity index (χ1v) is 7.23. The molecule has 0 radical (unpaired) electrons. The van der Waals surface area contributed by atoms with Crippen molar-refractivity contribution >= 4 is 50.6 Å². The zero-order chi connectivity index (χ0) is 14.4. The number of hydrazone groups is 1. The summed E-state index contributed by atoms with van der Waals surface area (Å²) < 4.78 is 31.1. The van der Waals surface area contributed by atoms with Crippen LogP contribution in [0, 0.1) is 0 Å². The molecule has 0 atom stereocenters. The van der Waals surface area contributed by atoms with Gasteiger partial charge in [-0.15, -0.1) is 0 Å². The van der Waals surface area contributed by atoms with Gasteiger partial charge in [-0.1, -0.05) is 23.2 Å². The molecule has 1 aromatic carbocycles. The predicted octanol–water partition coefficient (Wildman–Crippen LogP) is 2.35. The topological polar surface area (TPSA) is 87.0 Å². The van der Waals surface area contributed by atoms with Crippen LogP contribution < -0.4 is 5.01 Å². The van der Waals surface area contributed by atoms with Gasteiger partial charge in [0.2, 0.25) is 0 Å². The minimum atomic E-state index is -4.48. The van der Waals surface area contributed by atoms with Gasteiger partial charge in [0.05, 0.1) is 22.2 Å². The Morgan fingerprint density at radius 3 is 2.42 bits per heavy atom. The number of halogens is 2. The summed E-state index contributed by atoms with van der Waals surface area (Å²) >= 11 is 11.7. The van der Waals surface area contributed by atoms with Gasteiger partial charge in [0, 0.05) is 5.71 Å². The first-order valence-electron chi connectivity index (χ1n) is 5.03. The van der Waals surface area contributed by atoms with Crippen molar-refractivity contribution < 1.29 is 17.8 Å². The zero-order valence-corrected chi connectivity index (χ0v) is 11.9. The van der Waals surface area contributed by atoms with Gasteiger partial charge in [-0.05, 0) is 19.1 Å². The number of nitrogens with zero attached hydrogens (tertiary/aromatic N) is 2. The Morgan fingerprint density at radius 2 is 1.95 bits per heavy atom. The smallest absolute Gasteiger partial charge is 0.282 e. The summed E-state index contributed by atoms with van der Waals surface area (Å²) in [4.78, 5) is 11.2. The number of benzene rings is 1. The molecule has 0 bridgehead atoms. The fourth-order valence-electron chi connectivity index (χ4n) is 1.62. The standard InChI is InChI=1S/C10H8Cl2N2O4S/c1-5-2-10(15)14(13-5)8-3-7(12)9(4-6(8)11)19(16,17)18/h3-4H,2H2,1H3,(H,16,17,18). The molecular formula is C10H8Cl2N2O4S. The van der Waals surface area contributed by atoms with Crippen LogP contribution in [0.1, 0.15) is 13.3 Å². The summed E-state index contributed by atoms with van der Waals surface area (Å²) in [5.74, 6) is -0.296. The second-order valence-corrected chi connectivity index (χ2v) is 6.13. The van der Waals surface area contributed by atoms with E-state index in [1.165, 1.54) is 6.07 Å². The van der Waals surface area contributed by atoms with Gasteiger partial charge in [0.1, 0.15) is 4.90 Å². The Labute approximate surface area is 119 Å². The van der Waals surface area contributed by atoms with E-state index < -0.39 is 15.0 Å². The van der Waals surface area contributed by atoms with Crippen LogP contribution in [0.5, 0.6) is 0 Å². The second kappa shape index (κ2) is 4.75. The number of hydrogen-bond donors (Lipinski definition) is 1. The Kier molecular flexibility index (Phi) is 3.57. The molecule has 0 saturated carbocycles. The molecule has 1 heterocycles. The maximum Gasteiger partial charge on any atom is 0.296 e. The monoisotopic (exact) mass is 322 g/mol. The van der Waals surface area contributed by atoms with E-state index in [-0.39, 0.29) is 28.1 Å². The third-order valence-corrected chi connectivity index (χ3v) is 4.04. The van der Waals surface area contributed by atoms with Gasteiger partial charge in [-0.3, -0.25) is 9.35 Å². The number of carbonyl (C=O) groups excluding carboxylic acids is 1. The normalized spacial score (nSPS) is 15.9. The molecule has 19 heavy (non-hydrogen) atoms. The molecule has 1 N–H and O–H groups in total. The summed E-state index contributed by atoms with van der Waals surface area (Å²) in [6.45, 7) is 1.68. The van der Waals surface area contributed by atoms with Gasteiger partial charge >= 0.3 is 0 Å². The van der Waals surface area contributed by atoms with Crippen molar-refractivity contribution in [2.45, 2.75) is 18.2 Å². The lowest BCUT2D eigenvalue weighted by molar-refractivity contribution is -0.116. The second-order valence-electron chi connectivity index (χ2n) is 3.93. The molecule has 0 aromatic heterocycles. The molecule has 1 aliphatic rings. The van der Waals surface area contributed by atoms with Crippen LogP contribution in [0.2, 0.25) is 10.0 Å². The van der Waals surface area contributed by atoms with Crippen LogP contribution >= 0.6 is 23.2 Å². The Hall–Kier alpha value is -1.15. The number of hydrogen-bond acceptors (Lipinski definition) is 4. The number of rotatable bonds is 2. The summed E-state index contributed by atoms with van der Waals surface area (Å²) in [5.41, 5.74) is 0.775. The minimum Gasteiger partial charge on any atom is -0.282 e. The lowest BCUT2D eigenvalue weighted by Gasteiger charge is -2.15. The van der Waals surface area contributed by atoms with Crippen LogP contribution in [0.25, 0.3) is 0 Å². The molecule has 102 valence electrons. The van der Waals surface area contributed by atoms with Gasteiger partial charge < -0.3 is 0 Å². The molecule has 0 unspecified atom stereocenters. The van der Waals surface area contributed by atoms with E-state index in [1.807, 2.05) is 0 Å². The Morgan fingerprint density at radius 1 is 1.32 bits per heavy atom. The van der Waals surface area contributed by atoms with E-state index >= 15 is 0 Å². The summed E-state index contributed by atoms with van der Waals surface area (Å²) in [7, 11) is -4.48. The average Bonchev–Trinajstić information content (AvgIpc) is 2.59.